The Balaban J connectivity index is 2.26. The van der Waals surface area contributed by atoms with E-state index in [9.17, 15) is 4.79 Å². The second-order valence-electron chi connectivity index (χ2n) is 5.26. The van der Waals surface area contributed by atoms with Crippen LogP contribution >= 0.6 is 23.2 Å². The van der Waals surface area contributed by atoms with Crippen LogP contribution in [0.4, 0.5) is 0 Å². The van der Waals surface area contributed by atoms with Crippen molar-refractivity contribution in [3.05, 3.63) is 33.8 Å². The molecule has 1 amide bonds. The van der Waals surface area contributed by atoms with Crippen molar-refractivity contribution in [3.63, 3.8) is 0 Å². The lowest BCUT2D eigenvalue weighted by Crippen LogP contribution is -2.41. The van der Waals surface area contributed by atoms with E-state index >= 15 is 0 Å². The summed E-state index contributed by atoms with van der Waals surface area (Å²) in [5.74, 6) is 0.459. The third-order valence-electron chi connectivity index (χ3n) is 3.26. The summed E-state index contributed by atoms with van der Waals surface area (Å²) in [6.45, 7) is 7.20. The quantitative estimate of drug-likeness (QED) is 0.758. The molecule has 0 aliphatic heterocycles. The number of hydrogen-bond acceptors (Lipinski definition) is 2. The Bertz CT molecular complexity index is 449. The smallest absolute Gasteiger partial charge is 0.234 e. The molecule has 3 nitrogen and oxygen atoms in total. The molecule has 0 saturated heterocycles. The van der Waals surface area contributed by atoms with Gasteiger partial charge in [-0.25, -0.2) is 0 Å². The van der Waals surface area contributed by atoms with Crippen molar-refractivity contribution in [2.24, 2.45) is 5.92 Å². The molecule has 20 heavy (non-hydrogen) atoms. The minimum absolute atomic E-state index is 0.0217. The molecule has 1 rings (SSSR count). The number of carbonyl (C=O) groups excluding carboxylic acids is 1. The molecule has 0 spiro atoms. The summed E-state index contributed by atoms with van der Waals surface area (Å²) in [6.07, 6.45) is 0.767. The highest BCUT2D eigenvalue weighted by molar-refractivity contribution is 6.35. The van der Waals surface area contributed by atoms with Crippen molar-refractivity contribution < 1.29 is 4.79 Å². The van der Waals surface area contributed by atoms with Crippen LogP contribution in [0.2, 0.25) is 10.0 Å². The fraction of sp³-hybridized carbons (Fsp3) is 0.533. The highest BCUT2D eigenvalue weighted by Gasteiger charge is 2.10. The number of benzene rings is 1. The van der Waals surface area contributed by atoms with Gasteiger partial charge in [-0.1, -0.05) is 43.1 Å². The van der Waals surface area contributed by atoms with Gasteiger partial charge in [-0.15, -0.1) is 0 Å². The maximum atomic E-state index is 11.7. The molecule has 1 atom stereocenters. The molecule has 0 saturated carbocycles. The predicted molar refractivity (Wildman–Crippen MR) is 85.5 cm³/mol. The van der Waals surface area contributed by atoms with E-state index in [1.807, 2.05) is 19.1 Å². The monoisotopic (exact) mass is 316 g/mol. The topological polar surface area (TPSA) is 41.1 Å². The normalized spacial score (nSPS) is 12.5. The molecule has 0 aliphatic rings. The lowest BCUT2D eigenvalue weighted by atomic mass is 10.1. The van der Waals surface area contributed by atoms with E-state index in [1.54, 1.807) is 6.07 Å². The lowest BCUT2D eigenvalue weighted by Gasteiger charge is -2.17. The van der Waals surface area contributed by atoms with E-state index < -0.39 is 0 Å². The SMILES string of the molecule is CC(C)C(C)NC(=O)CNCCc1ccc(Cl)cc1Cl. The Kier molecular flexibility index (Phi) is 7.35. The van der Waals surface area contributed by atoms with Gasteiger partial charge in [0.2, 0.25) is 5.91 Å². The fourth-order valence-corrected chi connectivity index (χ4v) is 2.12. The number of carbonyl (C=O) groups is 1. The summed E-state index contributed by atoms with van der Waals surface area (Å²) in [4.78, 5) is 11.7. The molecule has 0 radical (unpaired) electrons. The molecule has 2 N–H and O–H groups in total. The predicted octanol–water partition coefficient (Wildman–Crippen LogP) is 3.29. The van der Waals surface area contributed by atoms with Crippen LogP contribution in [0.15, 0.2) is 18.2 Å². The number of rotatable bonds is 7. The van der Waals surface area contributed by atoms with Crippen molar-refractivity contribution in [3.8, 4) is 0 Å². The second-order valence-corrected chi connectivity index (χ2v) is 6.11. The van der Waals surface area contributed by atoms with E-state index in [1.165, 1.54) is 0 Å². The average Bonchev–Trinajstić information content (AvgIpc) is 2.36. The number of halogens is 2. The van der Waals surface area contributed by atoms with Crippen LogP contribution in [-0.2, 0) is 11.2 Å². The summed E-state index contributed by atoms with van der Waals surface area (Å²) in [5.41, 5.74) is 1.03. The molecular weight excluding hydrogens is 295 g/mol. The Hall–Kier alpha value is -0.770. The molecule has 0 heterocycles. The van der Waals surface area contributed by atoms with Crippen LogP contribution in [0.1, 0.15) is 26.3 Å². The molecule has 0 fully saturated rings. The van der Waals surface area contributed by atoms with Gasteiger partial charge in [-0.05, 0) is 43.5 Å². The van der Waals surface area contributed by atoms with Gasteiger partial charge >= 0.3 is 0 Å². The first-order valence-electron chi connectivity index (χ1n) is 6.84. The van der Waals surface area contributed by atoms with Crippen molar-refractivity contribution >= 4 is 29.1 Å². The zero-order valence-electron chi connectivity index (χ0n) is 12.2. The largest absolute Gasteiger partial charge is 0.352 e. The summed E-state index contributed by atoms with van der Waals surface area (Å²) in [6, 6.07) is 5.65. The molecule has 0 bridgehead atoms. The first kappa shape index (κ1) is 17.3. The number of amides is 1. The molecule has 5 heteroatoms. The van der Waals surface area contributed by atoms with E-state index in [0.717, 1.165) is 12.0 Å². The van der Waals surface area contributed by atoms with E-state index in [0.29, 0.717) is 29.1 Å². The average molecular weight is 317 g/mol. The van der Waals surface area contributed by atoms with Gasteiger partial charge in [0.25, 0.3) is 0 Å². The zero-order chi connectivity index (χ0) is 15.1. The summed E-state index contributed by atoms with van der Waals surface area (Å²) >= 11 is 11.9. The highest BCUT2D eigenvalue weighted by atomic mass is 35.5. The number of hydrogen-bond donors (Lipinski definition) is 2. The van der Waals surface area contributed by atoms with Gasteiger partial charge in [0, 0.05) is 16.1 Å². The van der Waals surface area contributed by atoms with Crippen molar-refractivity contribution in [2.75, 3.05) is 13.1 Å². The Morgan fingerprint density at radius 1 is 1.25 bits per heavy atom. The maximum Gasteiger partial charge on any atom is 0.234 e. The third kappa shape index (κ3) is 6.12. The number of nitrogens with one attached hydrogen (secondary N) is 2. The minimum Gasteiger partial charge on any atom is -0.352 e. The zero-order valence-corrected chi connectivity index (χ0v) is 13.7. The molecule has 1 aromatic carbocycles. The van der Waals surface area contributed by atoms with Gasteiger partial charge in [0.05, 0.1) is 6.54 Å². The molecule has 112 valence electrons. The van der Waals surface area contributed by atoms with Crippen molar-refractivity contribution in [2.45, 2.75) is 33.2 Å². The first-order valence-corrected chi connectivity index (χ1v) is 7.59. The molecule has 0 aliphatic carbocycles. The maximum absolute atomic E-state index is 11.7. The summed E-state index contributed by atoms with van der Waals surface area (Å²) in [7, 11) is 0. The van der Waals surface area contributed by atoms with Crippen LogP contribution in [0, 0.1) is 5.92 Å². The van der Waals surface area contributed by atoms with Gasteiger partial charge in [-0.3, -0.25) is 4.79 Å². The third-order valence-corrected chi connectivity index (χ3v) is 3.85. The van der Waals surface area contributed by atoms with Crippen LogP contribution in [0.5, 0.6) is 0 Å². The minimum atomic E-state index is 0.0217. The molecule has 0 aromatic heterocycles. The Morgan fingerprint density at radius 2 is 1.95 bits per heavy atom. The van der Waals surface area contributed by atoms with Crippen molar-refractivity contribution in [1.82, 2.24) is 10.6 Å². The Labute approximate surface area is 131 Å². The van der Waals surface area contributed by atoms with E-state index in [-0.39, 0.29) is 11.9 Å². The standard InChI is InChI=1S/C15H22Cl2N2O/c1-10(2)11(3)19-15(20)9-18-7-6-12-4-5-13(16)8-14(12)17/h4-5,8,10-11,18H,6-7,9H2,1-3H3,(H,19,20). The second kappa shape index (κ2) is 8.50. The van der Waals surface area contributed by atoms with Crippen LogP contribution in [0.25, 0.3) is 0 Å². The fourth-order valence-electron chi connectivity index (χ4n) is 1.62. The van der Waals surface area contributed by atoms with E-state index in [4.69, 9.17) is 23.2 Å². The molecule has 1 unspecified atom stereocenters. The Morgan fingerprint density at radius 3 is 2.55 bits per heavy atom. The molecular formula is C15H22Cl2N2O. The van der Waals surface area contributed by atoms with Crippen LogP contribution < -0.4 is 10.6 Å². The summed E-state index contributed by atoms with van der Waals surface area (Å²) < 4.78 is 0. The molecule has 1 aromatic rings. The van der Waals surface area contributed by atoms with E-state index in [2.05, 4.69) is 24.5 Å². The van der Waals surface area contributed by atoms with Gasteiger partial charge in [0.1, 0.15) is 0 Å². The van der Waals surface area contributed by atoms with Crippen LogP contribution in [0.3, 0.4) is 0 Å². The summed E-state index contributed by atoms with van der Waals surface area (Å²) in [5, 5.41) is 7.37. The first-order chi connectivity index (χ1) is 9.40. The van der Waals surface area contributed by atoms with Gasteiger partial charge in [-0.2, -0.15) is 0 Å². The van der Waals surface area contributed by atoms with Gasteiger partial charge in [0.15, 0.2) is 0 Å². The van der Waals surface area contributed by atoms with Crippen molar-refractivity contribution in [1.29, 1.82) is 0 Å². The highest BCUT2D eigenvalue weighted by Crippen LogP contribution is 2.20. The van der Waals surface area contributed by atoms with Gasteiger partial charge < -0.3 is 10.6 Å². The lowest BCUT2D eigenvalue weighted by molar-refractivity contribution is -0.121. The van der Waals surface area contributed by atoms with Crippen LogP contribution in [-0.4, -0.2) is 25.0 Å².